The van der Waals surface area contributed by atoms with Crippen LogP contribution >= 0.6 is 11.8 Å². The van der Waals surface area contributed by atoms with Crippen LogP contribution in [0.15, 0.2) is 18.2 Å². The van der Waals surface area contributed by atoms with Crippen molar-refractivity contribution in [3.63, 3.8) is 0 Å². The molecule has 2 unspecified atom stereocenters. The first-order valence-corrected chi connectivity index (χ1v) is 7.82. The number of carboxylic acid groups (broad SMARTS) is 1. The topological polar surface area (TPSA) is 62.2 Å². The SMILES string of the molecule is CCSC1CCCC(Nc2cccc(C(=O)O)n2)C1. The molecule has 2 rings (SSSR count). The van der Waals surface area contributed by atoms with Crippen LogP contribution in [0.25, 0.3) is 0 Å². The van der Waals surface area contributed by atoms with Crippen molar-refractivity contribution in [1.29, 1.82) is 0 Å². The van der Waals surface area contributed by atoms with E-state index in [-0.39, 0.29) is 5.69 Å². The minimum atomic E-state index is -0.980. The van der Waals surface area contributed by atoms with E-state index in [0.717, 1.165) is 23.8 Å². The summed E-state index contributed by atoms with van der Waals surface area (Å²) in [6, 6.07) is 5.50. The number of aromatic carboxylic acids is 1. The molecule has 1 aromatic rings. The normalized spacial score (nSPS) is 23.0. The minimum absolute atomic E-state index is 0.0975. The number of carbonyl (C=O) groups is 1. The molecule has 4 nitrogen and oxygen atoms in total. The minimum Gasteiger partial charge on any atom is -0.477 e. The zero-order valence-electron chi connectivity index (χ0n) is 11.1. The molecule has 1 aliphatic rings. The van der Waals surface area contributed by atoms with Gasteiger partial charge in [-0.2, -0.15) is 11.8 Å². The summed E-state index contributed by atoms with van der Waals surface area (Å²) in [5.41, 5.74) is 0.0975. The van der Waals surface area contributed by atoms with Gasteiger partial charge in [0.1, 0.15) is 5.82 Å². The molecule has 2 N–H and O–H groups in total. The van der Waals surface area contributed by atoms with E-state index in [0.29, 0.717) is 11.9 Å². The van der Waals surface area contributed by atoms with Crippen molar-refractivity contribution in [1.82, 2.24) is 4.98 Å². The predicted molar refractivity (Wildman–Crippen MR) is 79.0 cm³/mol. The molecule has 0 aliphatic heterocycles. The lowest BCUT2D eigenvalue weighted by Crippen LogP contribution is -2.29. The summed E-state index contributed by atoms with van der Waals surface area (Å²) in [5, 5.41) is 13.0. The predicted octanol–water partition coefficient (Wildman–Crippen LogP) is 3.26. The van der Waals surface area contributed by atoms with Crippen molar-refractivity contribution in [2.24, 2.45) is 0 Å². The number of rotatable bonds is 5. The fourth-order valence-electron chi connectivity index (χ4n) is 2.51. The highest BCUT2D eigenvalue weighted by Gasteiger charge is 2.22. The van der Waals surface area contributed by atoms with Crippen LogP contribution in [0.4, 0.5) is 5.82 Å². The average Bonchev–Trinajstić information content (AvgIpc) is 2.40. The van der Waals surface area contributed by atoms with Gasteiger partial charge in [-0.1, -0.05) is 19.4 Å². The van der Waals surface area contributed by atoms with E-state index in [4.69, 9.17) is 5.11 Å². The highest BCUT2D eigenvalue weighted by Crippen LogP contribution is 2.29. The highest BCUT2D eigenvalue weighted by molar-refractivity contribution is 7.99. The Morgan fingerprint density at radius 3 is 3.11 bits per heavy atom. The molecule has 2 atom stereocenters. The Morgan fingerprint density at radius 1 is 1.53 bits per heavy atom. The molecule has 0 saturated heterocycles. The molecule has 1 saturated carbocycles. The van der Waals surface area contributed by atoms with E-state index >= 15 is 0 Å². The first-order valence-electron chi connectivity index (χ1n) is 6.77. The van der Waals surface area contributed by atoms with Crippen LogP contribution in [-0.4, -0.2) is 33.1 Å². The first kappa shape index (κ1) is 14.2. The molecular formula is C14H20N2O2S. The maximum absolute atomic E-state index is 10.9. The summed E-state index contributed by atoms with van der Waals surface area (Å²) in [4.78, 5) is 15.0. The molecule has 0 spiro atoms. The Kier molecular flexibility index (Phi) is 5.07. The van der Waals surface area contributed by atoms with Gasteiger partial charge in [-0.05, 0) is 37.1 Å². The Bertz CT molecular complexity index is 437. The van der Waals surface area contributed by atoms with Crippen LogP contribution in [0.3, 0.4) is 0 Å². The monoisotopic (exact) mass is 280 g/mol. The lowest BCUT2D eigenvalue weighted by Gasteiger charge is -2.29. The third kappa shape index (κ3) is 4.13. The molecule has 0 radical (unpaired) electrons. The zero-order chi connectivity index (χ0) is 13.7. The third-order valence-electron chi connectivity index (χ3n) is 3.35. The smallest absolute Gasteiger partial charge is 0.354 e. The van der Waals surface area contributed by atoms with E-state index < -0.39 is 5.97 Å². The van der Waals surface area contributed by atoms with Crippen LogP contribution in [0, 0.1) is 0 Å². The van der Waals surface area contributed by atoms with Crippen molar-refractivity contribution in [3.05, 3.63) is 23.9 Å². The number of aromatic nitrogens is 1. The summed E-state index contributed by atoms with van der Waals surface area (Å²) in [6.07, 6.45) is 4.80. The molecule has 1 heterocycles. The lowest BCUT2D eigenvalue weighted by molar-refractivity contribution is 0.0690. The fraction of sp³-hybridized carbons (Fsp3) is 0.571. The van der Waals surface area contributed by atoms with Gasteiger partial charge in [0.05, 0.1) is 0 Å². The van der Waals surface area contributed by atoms with Gasteiger partial charge in [0, 0.05) is 11.3 Å². The van der Waals surface area contributed by atoms with Crippen LogP contribution in [0.1, 0.15) is 43.1 Å². The highest BCUT2D eigenvalue weighted by atomic mass is 32.2. The standard InChI is InChI=1S/C14H20N2O2S/c1-2-19-11-6-3-5-10(9-11)15-13-8-4-7-12(16-13)14(17)18/h4,7-8,10-11H,2-3,5-6,9H2,1H3,(H,15,16)(H,17,18). The van der Waals surface area contributed by atoms with Crippen molar-refractivity contribution in [3.8, 4) is 0 Å². The summed E-state index contributed by atoms with van der Waals surface area (Å²) in [7, 11) is 0. The number of thioether (sulfide) groups is 1. The third-order valence-corrected chi connectivity index (χ3v) is 4.58. The zero-order valence-corrected chi connectivity index (χ0v) is 11.9. The maximum Gasteiger partial charge on any atom is 0.354 e. The number of carboxylic acids is 1. The number of hydrogen-bond acceptors (Lipinski definition) is 4. The van der Waals surface area contributed by atoms with E-state index in [1.54, 1.807) is 6.07 Å². The Hall–Kier alpha value is -1.23. The van der Waals surface area contributed by atoms with Gasteiger partial charge in [-0.25, -0.2) is 9.78 Å². The van der Waals surface area contributed by atoms with Crippen LogP contribution in [0.5, 0.6) is 0 Å². The van der Waals surface area contributed by atoms with Gasteiger partial charge in [-0.15, -0.1) is 0 Å². The van der Waals surface area contributed by atoms with Gasteiger partial charge in [0.25, 0.3) is 0 Å². The quantitative estimate of drug-likeness (QED) is 0.867. The largest absolute Gasteiger partial charge is 0.477 e. The lowest BCUT2D eigenvalue weighted by atomic mass is 9.95. The van der Waals surface area contributed by atoms with E-state index in [2.05, 4.69) is 17.2 Å². The van der Waals surface area contributed by atoms with Crippen molar-refractivity contribution in [2.75, 3.05) is 11.1 Å². The van der Waals surface area contributed by atoms with Gasteiger partial charge < -0.3 is 10.4 Å². The molecular weight excluding hydrogens is 260 g/mol. The Labute approximate surface area is 118 Å². The average molecular weight is 280 g/mol. The number of pyridine rings is 1. The molecule has 5 heteroatoms. The van der Waals surface area contributed by atoms with Crippen LogP contribution in [-0.2, 0) is 0 Å². The summed E-state index contributed by atoms with van der Waals surface area (Å²) >= 11 is 2.02. The summed E-state index contributed by atoms with van der Waals surface area (Å²) in [5.74, 6) is 0.850. The van der Waals surface area contributed by atoms with E-state index in [1.165, 1.54) is 18.9 Å². The van der Waals surface area contributed by atoms with Crippen molar-refractivity contribution < 1.29 is 9.90 Å². The van der Waals surface area contributed by atoms with Crippen LogP contribution < -0.4 is 5.32 Å². The molecule has 0 bridgehead atoms. The summed E-state index contributed by atoms with van der Waals surface area (Å²) < 4.78 is 0. The second-order valence-electron chi connectivity index (χ2n) is 4.80. The molecule has 19 heavy (non-hydrogen) atoms. The second-order valence-corrected chi connectivity index (χ2v) is 6.38. The van der Waals surface area contributed by atoms with Crippen molar-refractivity contribution in [2.45, 2.75) is 43.9 Å². The fourth-order valence-corrected chi connectivity index (χ4v) is 3.68. The molecule has 0 aromatic carbocycles. The molecule has 0 amide bonds. The Morgan fingerprint density at radius 2 is 2.37 bits per heavy atom. The number of anilines is 1. The van der Waals surface area contributed by atoms with Crippen LogP contribution in [0.2, 0.25) is 0 Å². The second kappa shape index (κ2) is 6.80. The molecule has 1 aliphatic carbocycles. The van der Waals surface area contributed by atoms with Gasteiger partial charge in [-0.3, -0.25) is 0 Å². The Balaban J connectivity index is 1.96. The van der Waals surface area contributed by atoms with E-state index in [1.807, 2.05) is 17.8 Å². The van der Waals surface area contributed by atoms with Crippen molar-refractivity contribution >= 4 is 23.5 Å². The van der Waals surface area contributed by atoms with Gasteiger partial charge in [0.2, 0.25) is 0 Å². The maximum atomic E-state index is 10.9. The van der Waals surface area contributed by atoms with E-state index in [9.17, 15) is 4.79 Å². The van der Waals surface area contributed by atoms with Gasteiger partial charge >= 0.3 is 5.97 Å². The summed E-state index contributed by atoms with van der Waals surface area (Å²) in [6.45, 7) is 2.19. The number of hydrogen-bond donors (Lipinski definition) is 2. The molecule has 104 valence electrons. The van der Waals surface area contributed by atoms with Gasteiger partial charge in [0.15, 0.2) is 5.69 Å². The number of nitrogens with zero attached hydrogens (tertiary/aromatic N) is 1. The molecule has 1 aromatic heterocycles. The molecule has 1 fully saturated rings. The number of nitrogens with one attached hydrogen (secondary N) is 1. The first-order chi connectivity index (χ1) is 9.19.